The molecule has 1 heterocycles. The summed E-state index contributed by atoms with van der Waals surface area (Å²) in [6.45, 7) is 6.84. The number of hydrogen-bond acceptors (Lipinski definition) is 6. The number of halogens is 1. The van der Waals surface area contributed by atoms with Crippen LogP contribution in [0, 0.1) is 5.92 Å². The van der Waals surface area contributed by atoms with Gasteiger partial charge in [0.15, 0.2) is 0 Å². The van der Waals surface area contributed by atoms with Crippen molar-refractivity contribution in [1.82, 2.24) is 9.80 Å². The molecule has 0 bridgehead atoms. The van der Waals surface area contributed by atoms with Crippen molar-refractivity contribution in [2.75, 3.05) is 40.0 Å². The molecule has 1 fully saturated rings. The van der Waals surface area contributed by atoms with Crippen LogP contribution in [0.25, 0.3) is 0 Å². The Morgan fingerprint density at radius 3 is 2.59 bits per heavy atom. The number of rotatable bonds is 4. The average Bonchev–Trinajstić information content (AvgIpc) is 2.78. The first-order chi connectivity index (χ1) is 16.1. The van der Waals surface area contributed by atoms with E-state index in [0.717, 1.165) is 0 Å². The number of hydrogen-bond donors (Lipinski definition) is 2. The van der Waals surface area contributed by atoms with Crippen LogP contribution < -0.4 is 0 Å². The third-order valence-corrected chi connectivity index (χ3v) is 6.33. The number of carbonyl (C=O) groups excluding carboxylic acids is 2. The second-order valence-corrected chi connectivity index (χ2v) is 9.77. The molecule has 1 aromatic rings. The van der Waals surface area contributed by atoms with Gasteiger partial charge in [0.1, 0.15) is 18.3 Å². The van der Waals surface area contributed by atoms with Crippen LogP contribution in [-0.2, 0) is 14.3 Å². The Bertz CT molecular complexity index is 792. The van der Waals surface area contributed by atoms with Crippen molar-refractivity contribution < 1.29 is 29.3 Å². The van der Waals surface area contributed by atoms with Gasteiger partial charge < -0.3 is 29.5 Å². The largest absolute Gasteiger partial charge is 0.388 e. The molecule has 4 atom stereocenters. The quantitative estimate of drug-likeness (QED) is 0.662. The van der Waals surface area contributed by atoms with Gasteiger partial charge in [0.05, 0.1) is 6.61 Å². The summed E-state index contributed by atoms with van der Waals surface area (Å²) in [7, 11) is 1.43. The Morgan fingerprint density at radius 2 is 1.97 bits per heavy atom. The summed E-state index contributed by atoms with van der Waals surface area (Å²) in [5, 5.41) is 21.4. The van der Waals surface area contributed by atoms with E-state index in [9.17, 15) is 19.8 Å². The van der Waals surface area contributed by atoms with Crippen molar-refractivity contribution in [2.45, 2.75) is 64.4 Å². The molecule has 1 aliphatic heterocycles. The number of amides is 2. The topological polar surface area (TPSA) is 99.5 Å². The lowest BCUT2D eigenvalue weighted by atomic mass is 9.99. The Kier molecular flexibility index (Phi) is 11.7. The highest BCUT2D eigenvalue weighted by molar-refractivity contribution is 6.30. The molecule has 34 heavy (non-hydrogen) atoms. The molecule has 0 saturated carbocycles. The first-order valence-corrected chi connectivity index (χ1v) is 12.3. The minimum atomic E-state index is -1.22. The van der Waals surface area contributed by atoms with E-state index in [2.05, 4.69) is 13.8 Å². The van der Waals surface area contributed by atoms with E-state index in [1.54, 1.807) is 29.2 Å². The lowest BCUT2D eigenvalue weighted by molar-refractivity contribution is -0.137. The summed E-state index contributed by atoms with van der Waals surface area (Å²) in [6, 6.07) is 6.64. The van der Waals surface area contributed by atoms with Crippen LogP contribution >= 0.6 is 11.6 Å². The zero-order valence-corrected chi connectivity index (χ0v) is 21.4. The van der Waals surface area contributed by atoms with E-state index >= 15 is 0 Å². The van der Waals surface area contributed by atoms with Crippen LogP contribution in [0.5, 0.6) is 0 Å². The summed E-state index contributed by atoms with van der Waals surface area (Å²) in [5.41, 5.74) is 0.501. The maximum absolute atomic E-state index is 13.6. The van der Waals surface area contributed by atoms with Crippen molar-refractivity contribution in [3.8, 4) is 0 Å². The first-order valence-electron chi connectivity index (χ1n) is 11.9. The molecule has 1 saturated heterocycles. The summed E-state index contributed by atoms with van der Waals surface area (Å²) < 4.78 is 11.0. The van der Waals surface area contributed by atoms with Crippen molar-refractivity contribution in [3.05, 3.63) is 34.9 Å². The second kappa shape index (κ2) is 14.0. The number of ether oxygens (including phenoxy) is 2. The minimum absolute atomic E-state index is 0.0395. The number of benzene rings is 1. The van der Waals surface area contributed by atoms with E-state index in [1.165, 1.54) is 14.0 Å². The normalized spacial score (nSPS) is 25.8. The second-order valence-electron chi connectivity index (χ2n) is 9.33. The predicted molar refractivity (Wildman–Crippen MR) is 131 cm³/mol. The first kappa shape index (κ1) is 28.5. The van der Waals surface area contributed by atoms with E-state index in [-0.39, 0.29) is 36.9 Å². The number of aliphatic hydroxyl groups excluding tert-OH is 2. The van der Waals surface area contributed by atoms with Gasteiger partial charge in [0.25, 0.3) is 5.91 Å². The lowest BCUT2D eigenvalue weighted by Gasteiger charge is -2.38. The number of nitrogens with zero attached hydrogens (tertiary/aromatic N) is 2. The fourth-order valence-electron chi connectivity index (χ4n) is 4.24. The van der Waals surface area contributed by atoms with Gasteiger partial charge in [-0.1, -0.05) is 31.5 Å². The molecule has 192 valence electrons. The molecule has 2 rings (SSSR count). The number of aliphatic hydroxyl groups is 2. The van der Waals surface area contributed by atoms with Gasteiger partial charge in [0, 0.05) is 56.9 Å². The molecule has 1 aromatic carbocycles. The summed E-state index contributed by atoms with van der Waals surface area (Å²) in [4.78, 5) is 29.6. The van der Waals surface area contributed by atoms with Gasteiger partial charge >= 0.3 is 0 Å². The fraction of sp³-hybridized carbons (Fsp3) is 0.680. The minimum Gasteiger partial charge on any atom is -0.388 e. The van der Waals surface area contributed by atoms with Gasteiger partial charge in [-0.15, -0.1) is 0 Å². The lowest BCUT2D eigenvalue weighted by Crippen LogP contribution is -2.53. The van der Waals surface area contributed by atoms with Gasteiger partial charge in [-0.2, -0.15) is 0 Å². The Hall–Kier alpha value is -1.71. The molecule has 9 heteroatoms. The third kappa shape index (κ3) is 8.50. The molecule has 0 spiro atoms. The van der Waals surface area contributed by atoms with Crippen LogP contribution in [0.1, 0.15) is 50.4 Å². The summed E-state index contributed by atoms with van der Waals surface area (Å²) in [6.07, 6.45) is -1.09. The van der Waals surface area contributed by atoms with Crippen LogP contribution in [0.2, 0.25) is 5.02 Å². The monoisotopic (exact) mass is 498 g/mol. The smallest absolute Gasteiger partial charge is 0.254 e. The van der Waals surface area contributed by atoms with Crippen LogP contribution in [-0.4, -0.2) is 96.1 Å². The van der Waals surface area contributed by atoms with Crippen LogP contribution in [0.4, 0.5) is 0 Å². The highest BCUT2D eigenvalue weighted by Crippen LogP contribution is 2.21. The molecule has 8 nitrogen and oxygen atoms in total. The highest BCUT2D eigenvalue weighted by atomic mass is 35.5. The highest BCUT2D eigenvalue weighted by Gasteiger charge is 2.33. The van der Waals surface area contributed by atoms with Crippen LogP contribution in [0.15, 0.2) is 24.3 Å². The Labute approximate surface area is 207 Å². The Balaban J connectivity index is 2.41. The molecule has 0 radical (unpaired) electrons. The molecule has 0 unspecified atom stereocenters. The van der Waals surface area contributed by atoms with Crippen molar-refractivity contribution in [3.63, 3.8) is 0 Å². The summed E-state index contributed by atoms with van der Waals surface area (Å²) >= 11 is 6.15. The zero-order chi connectivity index (χ0) is 25.3. The van der Waals surface area contributed by atoms with Crippen LogP contribution in [0.3, 0.4) is 0 Å². The van der Waals surface area contributed by atoms with Gasteiger partial charge in [-0.05, 0) is 43.4 Å². The molecule has 1 aliphatic rings. The third-order valence-electron chi connectivity index (χ3n) is 6.10. The molecule has 2 N–H and O–H groups in total. The maximum atomic E-state index is 13.6. The van der Waals surface area contributed by atoms with Gasteiger partial charge in [-0.3, -0.25) is 9.59 Å². The molecular formula is C25H39ClN2O6. The van der Waals surface area contributed by atoms with Crippen molar-refractivity contribution >= 4 is 23.4 Å². The van der Waals surface area contributed by atoms with E-state index in [0.29, 0.717) is 49.5 Å². The molecule has 0 aliphatic carbocycles. The standard InChI is InChI=1S/C25H39ClN2O6/c1-17(2)12-21-14-27(18(3)29)15-23(33-4)24(31)22(30)16-34-11-6-5-10-28(21)25(32)19-8-7-9-20(26)13-19/h7-9,13,17,21-24,30-31H,5-6,10-12,14-16H2,1-4H3/t21-,22+,23+,24+/m0/s1. The summed E-state index contributed by atoms with van der Waals surface area (Å²) in [5.74, 6) is -0.0549. The maximum Gasteiger partial charge on any atom is 0.254 e. The fourth-order valence-corrected chi connectivity index (χ4v) is 4.43. The number of methoxy groups -OCH3 is 1. The Morgan fingerprint density at radius 1 is 1.24 bits per heavy atom. The average molecular weight is 499 g/mol. The van der Waals surface area contributed by atoms with E-state index in [4.69, 9.17) is 21.1 Å². The van der Waals surface area contributed by atoms with E-state index in [1.807, 2.05) is 4.90 Å². The molecular weight excluding hydrogens is 460 g/mol. The number of carbonyl (C=O) groups is 2. The zero-order valence-electron chi connectivity index (χ0n) is 20.7. The van der Waals surface area contributed by atoms with Crippen molar-refractivity contribution in [2.24, 2.45) is 5.92 Å². The van der Waals surface area contributed by atoms with E-state index < -0.39 is 18.3 Å². The molecule has 0 aromatic heterocycles. The van der Waals surface area contributed by atoms with Gasteiger partial charge in [-0.25, -0.2) is 0 Å². The predicted octanol–water partition coefficient (Wildman–Crippen LogP) is 2.59. The van der Waals surface area contributed by atoms with Gasteiger partial charge in [0.2, 0.25) is 5.91 Å². The van der Waals surface area contributed by atoms with Crippen molar-refractivity contribution in [1.29, 1.82) is 0 Å². The molecule has 2 amide bonds. The SMILES string of the molecule is CO[C@@H]1CN(C(C)=O)C[C@H](CC(C)C)N(C(=O)c2cccc(Cl)c2)CCCCOC[C@@H](O)[C@H]1O.